The fourth-order valence-corrected chi connectivity index (χ4v) is 3.38. The van der Waals surface area contributed by atoms with Gasteiger partial charge in [0, 0.05) is 24.2 Å². The van der Waals surface area contributed by atoms with Gasteiger partial charge in [0.25, 0.3) is 0 Å². The Morgan fingerprint density at radius 3 is 2.90 bits per heavy atom. The second kappa shape index (κ2) is 9.42. The molecule has 3 aromatic rings. The monoisotopic (exact) mass is 420 g/mol. The summed E-state index contributed by atoms with van der Waals surface area (Å²) in [5.74, 6) is 0.338. The fourth-order valence-electron chi connectivity index (χ4n) is 3.38. The lowest BCUT2D eigenvalue weighted by Crippen LogP contribution is -2.33. The Morgan fingerprint density at radius 2 is 2.06 bits per heavy atom. The number of aryl methyl sites for hydroxylation is 2. The minimum absolute atomic E-state index is 0.00327. The Morgan fingerprint density at radius 1 is 1.23 bits per heavy atom. The van der Waals surface area contributed by atoms with Gasteiger partial charge in [-0.2, -0.15) is 4.98 Å². The van der Waals surface area contributed by atoms with Crippen molar-refractivity contribution in [2.75, 3.05) is 5.32 Å². The molecule has 31 heavy (non-hydrogen) atoms. The van der Waals surface area contributed by atoms with E-state index in [9.17, 15) is 9.59 Å². The molecule has 1 aliphatic rings. The number of carbonyl (C=O) groups is 2. The van der Waals surface area contributed by atoms with Crippen LogP contribution in [0.3, 0.4) is 0 Å². The number of carbonyl (C=O) groups excluding carboxylic acids is 2. The highest BCUT2D eigenvalue weighted by molar-refractivity contribution is 5.94. The number of amides is 2. The normalized spacial score (nSPS) is 13.8. The molecule has 1 aromatic heterocycles. The van der Waals surface area contributed by atoms with Crippen molar-refractivity contribution in [3.8, 4) is 5.75 Å². The van der Waals surface area contributed by atoms with Gasteiger partial charge in [0.15, 0.2) is 6.61 Å². The standard InChI is InChI=1S/C23H24N4O4/c1-15(7-8-16-5-3-2-4-6-16)24-22(29)23-26-20(27-31-23)14-30-18-11-9-17-10-12-21(28)25-19(17)13-18/h2-6,9,11,13,15H,7-8,10,12,14H2,1H3,(H,24,29)(H,25,28). The van der Waals surface area contributed by atoms with Crippen LogP contribution in [0.15, 0.2) is 53.1 Å². The van der Waals surface area contributed by atoms with Crippen molar-refractivity contribution in [2.24, 2.45) is 0 Å². The molecular weight excluding hydrogens is 396 g/mol. The molecule has 0 saturated heterocycles. The predicted octanol–water partition coefficient (Wildman–Crippen LogP) is 3.28. The van der Waals surface area contributed by atoms with Crippen LogP contribution >= 0.6 is 0 Å². The average molecular weight is 420 g/mol. The molecular formula is C23H24N4O4. The number of hydrogen-bond donors (Lipinski definition) is 2. The van der Waals surface area contributed by atoms with Crippen LogP contribution in [-0.4, -0.2) is 28.0 Å². The number of nitrogens with zero attached hydrogens (tertiary/aromatic N) is 2. The van der Waals surface area contributed by atoms with Gasteiger partial charge in [-0.25, -0.2) is 0 Å². The van der Waals surface area contributed by atoms with E-state index in [4.69, 9.17) is 9.26 Å². The molecule has 0 fully saturated rings. The van der Waals surface area contributed by atoms with Crippen molar-refractivity contribution in [2.45, 2.75) is 45.3 Å². The summed E-state index contributed by atoms with van der Waals surface area (Å²) in [7, 11) is 0. The molecule has 8 nitrogen and oxygen atoms in total. The maximum Gasteiger partial charge on any atom is 0.316 e. The van der Waals surface area contributed by atoms with Crippen molar-refractivity contribution in [1.29, 1.82) is 0 Å². The van der Waals surface area contributed by atoms with E-state index in [1.165, 1.54) is 5.56 Å². The van der Waals surface area contributed by atoms with Crippen molar-refractivity contribution < 1.29 is 18.8 Å². The number of anilines is 1. The Kier molecular flexibility index (Phi) is 6.26. The third kappa shape index (κ3) is 5.48. The summed E-state index contributed by atoms with van der Waals surface area (Å²) in [6.45, 7) is 1.99. The maximum atomic E-state index is 12.4. The molecule has 0 saturated carbocycles. The molecule has 0 radical (unpaired) electrons. The summed E-state index contributed by atoms with van der Waals surface area (Å²) < 4.78 is 10.8. The number of aromatic nitrogens is 2. The van der Waals surface area contributed by atoms with Gasteiger partial charge in [-0.15, -0.1) is 0 Å². The zero-order chi connectivity index (χ0) is 21.6. The lowest BCUT2D eigenvalue weighted by molar-refractivity contribution is -0.116. The molecule has 1 aliphatic heterocycles. The van der Waals surface area contributed by atoms with Gasteiger partial charge in [-0.3, -0.25) is 9.59 Å². The van der Waals surface area contributed by atoms with Gasteiger partial charge in [0.05, 0.1) is 0 Å². The molecule has 4 rings (SSSR count). The van der Waals surface area contributed by atoms with E-state index in [0.29, 0.717) is 18.6 Å². The van der Waals surface area contributed by atoms with Gasteiger partial charge in [0.2, 0.25) is 11.7 Å². The number of fused-ring (bicyclic) bond motifs is 1. The first-order valence-electron chi connectivity index (χ1n) is 10.3. The molecule has 1 atom stereocenters. The molecule has 2 N–H and O–H groups in total. The van der Waals surface area contributed by atoms with Crippen LogP contribution in [0.5, 0.6) is 5.75 Å². The molecule has 2 aromatic carbocycles. The van der Waals surface area contributed by atoms with Crippen LogP contribution in [0.4, 0.5) is 5.69 Å². The summed E-state index contributed by atoms with van der Waals surface area (Å²) in [5, 5.41) is 9.52. The van der Waals surface area contributed by atoms with Gasteiger partial charge in [0.1, 0.15) is 5.75 Å². The van der Waals surface area contributed by atoms with Crippen molar-refractivity contribution >= 4 is 17.5 Å². The maximum absolute atomic E-state index is 12.4. The Balaban J connectivity index is 1.27. The van der Waals surface area contributed by atoms with E-state index in [1.54, 1.807) is 6.07 Å². The second-order valence-electron chi connectivity index (χ2n) is 7.57. The first kappa shape index (κ1) is 20.6. The molecule has 0 bridgehead atoms. The van der Waals surface area contributed by atoms with E-state index >= 15 is 0 Å². The highest BCUT2D eigenvalue weighted by Gasteiger charge is 2.18. The Bertz CT molecular complexity index is 1060. The zero-order valence-corrected chi connectivity index (χ0v) is 17.3. The minimum atomic E-state index is -0.407. The van der Waals surface area contributed by atoms with Crippen LogP contribution in [0.1, 0.15) is 47.4 Å². The van der Waals surface area contributed by atoms with Gasteiger partial charge < -0.3 is 19.9 Å². The summed E-state index contributed by atoms with van der Waals surface area (Å²) >= 11 is 0. The summed E-state index contributed by atoms with van der Waals surface area (Å²) in [5.41, 5.74) is 3.06. The molecule has 0 aliphatic carbocycles. The molecule has 1 unspecified atom stereocenters. The number of nitrogens with one attached hydrogen (secondary N) is 2. The summed E-state index contributed by atoms with van der Waals surface area (Å²) in [6, 6.07) is 15.6. The smallest absolute Gasteiger partial charge is 0.316 e. The fraction of sp³-hybridized carbons (Fsp3) is 0.304. The number of benzene rings is 2. The minimum Gasteiger partial charge on any atom is -0.485 e. The molecule has 8 heteroatoms. The molecule has 2 amide bonds. The van der Waals surface area contributed by atoms with E-state index < -0.39 is 5.91 Å². The van der Waals surface area contributed by atoms with Crippen LogP contribution in [-0.2, 0) is 24.2 Å². The van der Waals surface area contributed by atoms with E-state index in [1.807, 2.05) is 37.3 Å². The third-order valence-electron chi connectivity index (χ3n) is 5.09. The average Bonchev–Trinajstić information content (AvgIpc) is 3.26. The Hall–Kier alpha value is -3.68. The van der Waals surface area contributed by atoms with Gasteiger partial charge >= 0.3 is 11.8 Å². The van der Waals surface area contributed by atoms with Gasteiger partial charge in [-0.1, -0.05) is 41.6 Å². The molecule has 160 valence electrons. The molecule has 0 spiro atoms. The lowest BCUT2D eigenvalue weighted by Gasteiger charge is -2.17. The van der Waals surface area contributed by atoms with E-state index in [0.717, 1.165) is 24.1 Å². The summed E-state index contributed by atoms with van der Waals surface area (Å²) in [6.07, 6.45) is 2.88. The molecule has 2 heterocycles. The highest BCUT2D eigenvalue weighted by atomic mass is 16.5. The number of ether oxygens (including phenoxy) is 1. The zero-order valence-electron chi connectivity index (χ0n) is 17.3. The SMILES string of the molecule is CC(CCc1ccccc1)NC(=O)c1nc(COc2ccc3c(c2)NC(=O)CC3)no1. The van der Waals surface area contributed by atoms with E-state index in [-0.39, 0.29) is 30.3 Å². The largest absolute Gasteiger partial charge is 0.485 e. The predicted molar refractivity (Wildman–Crippen MR) is 114 cm³/mol. The first-order valence-corrected chi connectivity index (χ1v) is 10.3. The Labute approximate surface area is 180 Å². The first-order chi connectivity index (χ1) is 15.1. The van der Waals surface area contributed by atoms with E-state index in [2.05, 4.69) is 32.9 Å². The highest BCUT2D eigenvalue weighted by Crippen LogP contribution is 2.27. The topological polar surface area (TPSA) is 106 Å². The van der Waals surface area contributed by atoms with Crippen LogP contribution in [0, 0.1) is 0 Å². The lowest BCUT2D eigenvalue weighted by atomic mass is 10.0. The van der Waals surface area contributed by atoms with Crippen LogP contribution in [0.2, 0.25) is 0 Å². The second-order valence-corrected chi connectivity index (χ2v) is 7.57. The number of hydrogen-bond acceptors (Lipinski definition) is 6. The van der Waals surface area contributed by atoms with Crippen molar-refractivity contribution in [3.05, 3.63) is 71.4 Å². The van der Waals surface area contributed by atoms with Crippen LogP contribution in [0.25, 0.3) is 0 Å². The quantitative estimate of drug-likeness (QED) is 0.579. The summed E-state index contributed by atoms with van der Waals surface area (Å²) in [4.78, 5) is 28.0. The third-order valence-corrected chi connectivity index (χ3v) is 5.09. The van der Waals surface area contributed by atoms with Gasteiger partial charge in [-0.05, 0) is 43.4 Å². The van der Waals surface area contributed by atoms with Crippen molar-refractivity contribution in [1.82, 2.24) is 15.5 Å². The van der Waals surface area contributed by atoms with Crippen LogP contribution < -0.4 is 15.4 Å². The van der Waals surface area contributed by atoms with Crippen molar-refractivity contribution in [3.63, 3.8) is 0 Å². The number of rotatable bonds is 8.